The van der Waals surface area contributed by atoms with Crippen LogP contribution in [0.1, 0.15) is 26.2 Å². The fraction of sp³-hybridized carbons (Fsp3) is 0.900. The molecule has 80 valence electrons. The second kappa shape index (κ2) is 4.28. The second-order valence-corrected chi connectivity index (χ2v) is 4.36. The van der Waals surface area contributed by atoms with E-state index in [9.17, 15) is 4.79 Å². The van der Waals surface area contributed by atoms with E-state index in [1.807, 2.05) is 0 Å². The highest BCUT2D eigenvalue weighted by molar-refractivity contribution is 5.77. The van der Waals surface area contributed by atoms with Gasteiger partial charge in [0.1, 0.15) is 0 Å². The SMILES string of the molecule is CC1NC(=O)CCC1NC1CCNC1. The molecule has 2 aliphatic heterocycles. The van der Waals surface area contributed by atoms with E-state index < -0.39 is 0 Å². The first-order valence-corrected chi connectivity index (χ1v) is 5.52. The lowest BCUT2D eigenvalue weighted by atomic mass is 9.98. The van der Waals surface area contributed by atoms with Crippen LogP contribution in [0.2, 0.25) is 0 Å². The first-order chi connectivity index (χ1) is 6.75. The molecule has 0 aromatic heterocycles. The Morgan fingerprint density at radius 3 is 2.93 bits per heavy atom. The molecular formula is C10H19N3O. The van der Waals surface area contributed by atoms with Gasteiger partial charge in [-0.3, -0.25) is 4.79 Å². The number of amides is 1. The van der Waals surface area contributed by atoms with Crippen LogP contribution in [-0.2, 0) is 4.79 Å². The van der Waals surface area contributed by atoms with E-state index in [2.05, 4.69) is 22.9 Å². The summed E-state index contributed by atoms with van der Waals surface area (Å²) in [6.45, 7) is 4.26. The van der Waals surface area contributed by atoms with Crippen molar-refractivity contribution in [2.75, 3.05) is 13.1 Å². The van der Waals surface area contributed by atoms with Crippen LogP contribution < -0.4 is 16.0 Å². The van der Waals surface area contributed by atoms with E-state index in [0.717, 1.165) is 19.5 Å². The summed E-state index contributed by atoms with van der Waals surface area (Å²) in [6, 6.07) is 1.33. The van der Waals surface area contributed by atoms with Crippen molar-refractivity contribution in [2.45, 2.75) is 44.3 Å². The first kappa shape index (κ1) is 9.93. The number of carbonyl (C=O) groups excluding carboxylic acids is 1. The predicted molar refractivity (Wildman–Crippen MR) is 55.0 cm³/mol. The zero-order chi connectivity index (χ0) is 9.97. The van der Waals surface area contributed by atoms with Crippen LogP contribution in [0.25, 0.3) is 0 Å². The van der Waals surface area contributed by atoms with Crippen molar-refractivity contribution in [3.05, 3.63) is 0 Å². The van der Waals surface area contributed by atoms with Gasteiger partial charge in [-0.25, -0.2) is 0 Å². The van der Waals surface area contributed by atoms with Crippen molar-refractivity contribution in [2.24, 2.45) is 0 Å². The van der Waals surface area contributed by atoms with Crippen molar-refractivity contribution in [3.63, 3.8) is 0 Å². The average Bonchev–Trinajstić information content (AvgIpc) is 2.62. The van der Waals surface area contributed by atoms with Gasteiger partial charge >= 0.3 is 0 Å². The molecule has 3 atom stereocenters. The van der Waals surface area contributed by atoms with Crippen molar-refractivity contribution >= 4 is 5.91 Å². The third-order valence-electron chi connectivity index (χ3n) is 3.18. The topological polar surface area (TPSA) is 53.2 Å². The van der Waals surface area contributed by atoms with Crippen LogP contribution in [0.15, 0.2) is 0 Å². The molecule has 1 amide bonds. The summed E-state index contributed by atoms with van der Waals surface area (Å²) in [7, 11) is 0. The fourth-order valence-electron chi connectivity index (χ4n) is 2.29. The molecule has 0 aromatic carbocycles. The minimum absolute atomic E-state index is 0.195. The molecule has 14 heavy (non-hydrogen) atoms. The molecule has 0 radical (unpaired) electrons. The van der Waals surface area contributed by atoms with Crippen LogP contribution >= 0.6 is 0 Å². The van der Waals surface area contributed by atoms with Gasteiger partial charge in [-0.2, -0.15) is 0 Å². The van der Waals surface area contributed by atoms with E-state index in [4.69, 9.17) is 0 Å². The highest BCUT2D eigenvalue weighted by atomic mass is 16.1. The summed E-state index contributed by atoms with van der Waals surface area (Å²) in [5.41, 5.74) is 0. The maximum absolute atomic E-state index is 11.1. The van der Waals surface area contributed by atoms with E-state index in [0.29, 0.717) is 18.5 Å². The van der Waals surface area contributed by atoms with Crippen LogP contribution in [0.3, 0.4) is 0 Å². The smallest absolute Gasteiger partial charge is 0.220 e. The van der Waals surface area contributed by atoms with Gasteiger partial charge in [0.15, 0.2) is 0 Å². The van der Waals surface area contributed by atoms with E-state index in [1.165, 1.54) is 6.42 Å². The summed E-state index contributed by atoms with van der Waals surface area (Å²) in [5, 5.41) is 9.93. The third-order valence-corrected chi connectivity index (χ3v) is 3.18. The Balaban J connectivity index is 1.81. The third kappa shape index (κ3) is 2.25. The maximum Gasteiger partial charge on any atom is 0.220 e. The molecule has 3 unspecified atom stereocenters. The molecule has 4 nitrogen and oxygen atoms in total. The zero-order valence-corrected chi connectivity index (χ0v) is 8.68. The van der Waals surface area contributed by atoms with Crippen LogP contribution in [-0.4, -0.2) is 37.1 Å². The molecular weight excluding hydrogens is 178 g/mol. The Hall–Kier alpha value is -0.610. The lowest BCUT2D eigenvalue weighted by molar-refractivity contribution is -0.123. The van der Waals surface area contributed by atoms with Crippen LogP contribution in [0.5, 0.6) is 0 Å². The molecule has 3 N–H and O–H groups in total. The van der Waals surface area contributed by atoms with Crippen molar-refractivity contribution in [1.29, 1.82) is 0 Å². The Morgan fingerprint density at radius 2 is 2.29 bits per heavy atom. The molecule has 0 aliphatic carbocycles. The first-order valence-electron chi connectivity index (χ1n) is 5.52. The Kier molecular flexibility index (Phi) is 3.03. The Bertz CT molecular complexity index is 213. The normalized spacial score (nSPS) is 38.4. The number of rotatable bonds is 2. The average molecular weight is 197 g/mol. The van der Waals surface area contributed by atoms with Gasteiger partial charge in [-0.15, -0.1) is 0 Å². The second-order valence-electron chi connectivity index (χ2n) is 4.36. The molecule has 0 bridgehead atoms. The molecule has 2 aliphatic rings. The number of hydrogen-bond donors (Lipinski definition) is 3. The number of nitrogens with one attached hydrogen (secondary N) is 3. The van der Waals surface area contributed by atoms with Gasteiger partial charge in [0.25, 0.3) is 0 Å². The molecule has 2 rings (SSSR count). The van der Waals surface area contributed by atoms with Gasteiger partial charge in [-0.1, -0.05) is 0 Å². The molecule has 0 aromatic rings. The molecule has 4 heteroatoms. The zero-order valence-electron chi connectivity index (χ0n) is 8.68. The van der Waals surface area contributed by atoms with Gasteiger partial charge in [-0.05, 0) is 26.3 Å². The van der Waals surface area contributed by atoms with Gasteiger partial charge in [0.05, 0.1) is 0 Å². The van der Waals surface area contributed by atoms with Crippen molar-refractivity contribution in [1.82, 2.24) is 16.0 Å². The van der Waals surface area contributed by atoms with Crippen molar-refractivity contribution < 1.29 is 4.79 Å². The number of carbonyl (C=O) groups is 1. The lowest BCUT2D eigenvalue weighted by Crippen LogP contribution is -2.55. The minimum atomic E-state index is 0.195. The fourth-order valence-corrected chi connectivity index (χ4v) is 2.29. The number of piperidine rings is 1. The summed E-state index contributed by atoms with van der Waals surface area (Å²) in [4.78, 5) is 11.1. The van der Waals surface area contributed by atoms with E-state index in [-0.39, 0.29) is 11.9 Å². The highest BCUT2D eigenvalue weighted by Crippen LogP contribution is 2.11. The quantitative estimate of drug-likeness (QED) is 0.565. The van der Waals surface area contributed by atoms with E-state index in [1.54, 1.807) is 0 Å². The van der Waals surface area contributed by atoms with Gasteiger partial charge in [0, 0.05) is 31.1 Å². The summed E-state index contributed by atoms with van der Waals surface area (Å²) < 4.78 is 0. The highest BCUT2D eigenvalue weighted by Gasteiger charge is 2.27. The largest absolute Gasteiger partial charge is 0.352 e. The summed E-state index contributed by atoms with van der Waals surface area (Å²) in [5.74, 6) is 0.195. The summed E-state index contributed by atoms with van der Waals surface area (Å²) >= 11 is 0. The summed E-state index contributed by atoms with van der Waals surface area (Å²) in [6.07, 6.45) is 2.85. The standard InChI is InChI=1S/C10H19N3O/c1-7-9(2-3-10(14)12-7)13-8-4-5-11-6-8/h7-9,11,13H,2-6H2,1H3,(H,12,14). The molecule has 2 fully saturated rings. The molecule has 0 saturated carbocycles. The predicted octanol–water partition coefficient (Wildman–Crippen LogP) is -0.395. The molecule has 0 spiro atoms. The Morgan fingerprint density at radius 1 is 1.43 bits per heavy atom. The van der Waals surface area contributed by atoms with Gasteiger partial charge < -0.3 is 16.0 Å². The molecule has 2 saturated heterocycles. The minimum Gasteiger partial charge on any atom is -0.352 e. The van der Waals surface area contributed by atoms with Gasteiger partial charge in [0.2, 0.25) is 5.91 Å². The Labute approximate surface area is 84.8 Å². The molecule has 2 heterocycles. The van der Waals surface area contributed by atoms with E-state index >= 15 is 0 Å². The lowest BCUT2D eigenvalue weighted by Gasteiger charge is -2.32. The van der Waals surface area contributed by atoms with Crippen LogP contribution in [0, 0.1) is 0 Å². The van der Waals surface area contributed by atoms with Crippen LogP contribution in [0.4, 0.5) is 0 Å². The number of hydrogen-bond acceptors (Lipinski definition) is 3. The van der Waals surface area contributed by atoms with Crippen molar-refractivity contribution in [3.8, 4) is 0 Å². The monoisotopic (exact) mass is 197 g/mol. The maximum atomic E-state index is 11.1.